The highest BCUT2D eigenvalue weighted by atomic mass is 32.1. The van der Waals surface area contributed by atoms with Crippen LogP contribution in [0, 0.1) is 29.2 Å². The van der Waals surface area contributed by atoms with Gasteiger partial charge in [-0.15, -0.1) is 11.3 Å². The lowest BCUT2D eigenvalue weighted by molar-refractivity contribution is 1.28. The lowest BCUT2D eigenvalue weighted by atomic mass is 10.1. The van der Waals surface area contributed by atoms with Crippen molar-refractivity contribution in [1.29, 1.82) is 10.5 Å². The van der Waals surface area contributed by atoms with Gasteiger partial charge in [0.05, 0.1) is 24.3 Å². The lowest BCUT2D eigenvalue weighted by Gasteiger charge is -2.25. The molecule has 0 amide bonds. The zero-order valence-corrected chi connectivity index (χ0v) is 18.9. The van der Waals surface area contributed by atoms with Gasteiger partial charge in [0.1, 0.15) is 0 Å². The van der Waals surface area contributed by atoms with Gasteiger partial charge in [0.15, 0.2) is 0 Å². The van der Waals surface area contributed by atoms with Gasteiger partial charge in [-0.25, -0.2) is 10.1 Å². The van der Waals surface area contributed by atoms with E-state index in [4.69, 9.17) is 11.8 Å². The maximum Gasteiger partial charge on any atom is 0.280 e. The summed E-state index contributed by atoms with van der Waals surface area (Å²) in [6, 6.07) is 36.2. The Morgan fingerprint density at radius 1 is 0.735 bits per heavy atom. The van der Waals surface area contributed by atoms with E-state index in [1.54, 1.807) is 12.1 Å². The molecule has 0 unspecified atom stereocenters. The molecular weight excluding hydrogens is 436 g/mol. The molecule has 0 atom stereocenters. The number of hydrogen-bond donors (Lipinski definition) is 0. The number of nitriles is 2. The summed E-state index contributed by atoms with van der Waals surface area (Å²) in [5.74, 6) is 0. The van der Waals surface area contributed by atoms with E-state index in [1.165, 1.54) is 11.3 Å². The minimum absolute atomic E-state index is 0.119. The average Bonchev–Trinajstić information content (AvgIpc) is 3.37. The maximum atomic E-state index is 9.35. The number of allylic oxidation sites excluding steroid dienone is 2. The normalized spacial score (nSPS) is 11.2. The Morgan fingerprint density at radius 3 is 1.85 bits per heavy atom. The number of hydrogen-bond acceptors (Lipinski definition) is 4. The number of para-hydroxylation sites is 2. The van der Waals surface area contributed by atoms with Crippen LogP contribution in [-0.2, 0) is 0 Å². The molecular formula is C29H18N4S. The van der Waals surface area contributed by atoms with Gasteiger partial charge in [0.25, 0.3) is 5.70 Å². The molecule has 0 saturated carbocycles. The van der Waals surface area contributed by atoms with Crippen molar-refractivity contribution in [3.05, 3.63) is 129 Å². The van der Waals surface area contributed by atoms with Crippen LogP contribution >= 0.6 is 11.3 Å². The van der Waals surface area contributed by atoms with Crippen molar-refractivity contribution in [2.24, 2.45) is 0 Å². The molecule has 160 valence electrons. The Morgan fingerprint density at radius 2 is 1.32 bits per heavy atom. The lowest BCUT2D eigenvalue weighted by Crippen LogP contribution is -2.09. The van der Waals surface area contributed by atoms with Gasteiger partial charge in [-0.3, -0.25) is 0 Å². The second-order valence-corrected chi connectivity index (χ2v) is 8.31. The van der Waals surface area contributed by atoms with E-state index in [-0.39, 0.29) is 11.3 Å². The molecule has 1 aromatic heterocycles. The van der Waals surface area contributed by atoms with E-state index < -0.39 is 0 Å². The highest BCUT2D eigenvalue weighted by Crippen LogP contribution is 2.34. The summed E-state index contributed by atoms with van der Waals surface area (Å²) in [4.78, 5) is 6.91. The molecule has 4 nitrogen and oxygen atoms in total. The van der Waals surface area contributed by atoms with Crippen LogP contribution in [-0.4, -0.2) is 0 Å². The molecule has 0 aliphatic rings. The SMILES string of the molecule is [C-]#[N+]C(C#N)=C(C#N)c1ccc(C=Cc2ccc(N(c3ccccc3)c3ccccc3)cc2)s1. The van der Waals surface area contributed by atoms with E-state index in [0.717, 1.165) is 27.5 Å². The highest BCUT2D eigenvalue weighted by Gasteiger charge is 2.12. The zero-order chi connectivity index (χ0) is 23.8. The summed E-state index contributed by atoms with van der Waals surface area (Å²) >= 11 is 1.38. The first kappa shape index (κ1) is 22.3. The monoisotopic (exact) mass is 454 g/mol. The van der Waals surface area contributed by atoms with Crippen LogP contribution < -0.4 is 4.90 Å². The Hall–Kier alpha value is -4.89. The third-order valence-corrected chi connectivity index (χ3v) is 6.13. The summed E-state index contributed by atoms with van der Waals surface area (Å²) < 4.78 is 0. The van der Waals surface area contributed by atoms with Crippen LogP contribution in [0.5, 0.6) is 0 Å². The number of anilines is 3. The molecule has 3 aromatic carbocycles. The summed E-state index contributed by atoms with van der Waals surface area (Å²) in [7, 11) is 0. The Labute approximate surface area is 203 Å². The Kier molecular flexibility index (Phi) is 6.97. The minimum atomic E-state index is -0.183. The van der Waals surface area contributed by atoms with Gasteiger partial charge < -0.3 is 4.90 Å². The number of benzene rings is 3. The van der Waals surface area contributed by atoms with Crippen LogP contribution in [0.4, 0.5) is 17.1 Å². The first-order valence-corrected chi connectivity index (χ1v) is 11.3. The Bertz CT molecular complexity index is 1400. The number of thiophene rings is 1. The van der Waals surface area contributed by atoms with Gasteiger partial charge in [0, 0.05) is 26.8 Å². The van der Waals surface area contributed by atoms with E-state index in [2.05, 4.69) is 58.3 Å². The molecule has 4 aromatic rings. The van der Waals surface area contributed by atoms with Crippen molar-refractivity contribution in [2.45, 2.75) is 0 Å². The molecule has 34 heavy (non-hydrogen) atoms. The number of rotatable bonds is 6. The average molecular weight is 455 g/mol. The Balaban J connectivity index is 1.58. The smallest absolute Gasteiger partial charge is 0.280 e. The molecule has 4 rings (SSSR count). The standard InChI is InChI=1S/C29H18N4S/c1-32-28(21-31)27(20-30)29-19-18-26(34-29)17-14-22-12-15-25(16-13-22)33(23-8-4-2-5-9-23)24-10-6-3-7-11-24/h2-19H. The van der Waals surface area contributed by atoms with Gasteiger partial charge in [-0.05, 0) is 60.2 Å². The second-order valence-electron chi connectivity index (χ2n) is 7.19. The van der Waals surface area contributed by atoms with Crippen LogP contribution in [0.15, 0.2) is 103 Å². The predicted octanol–water partition coefficient (Wildman–Crippen LogP) is 8.07. The first-order valence-electron chi connectivity index (χ1n) is 10.4. The second kappa shape index (κ2) is 10.6. The van der Waals surface area contributed by atoms with E-state index in [9.17, 15) is 5.26 Å². The van der Waals surface area contributed by atoms with Crippen molar-refractivity contribution in [3.63, 3.8) is 0 Å². The molecule has 0 aliphatic heterocycles. The van der Waals surface area contributed by atoms with Crippen molar-refractivity contribution >= 4 is 46.1 Å². The van der Waals surface area contributed by atoms with Gasteiger partial charge >= 0.3 is 0 Å². The fourth-order valence-electron chi connectivity index (χ4n) is 3.45. The van der Waals surface area contributed by atoms with Crippen LogP contribution in [0.25, 0.3) is 22.6 Å². The fourth-order valence-corrected chi connectivity index (χ4v) is 4.36. The first-order chi connectivity index (χ1) is 16.7. The summed E-state index contributed by atoms with van der Waals surface area (Å²) in [5.41, 5.74) is 4.20. The van der Waals surface area contributed by atoms with Crippen LogP contribution in [0.1, 0.15) is 15.3 Å². The van der Waals surface area contributed by atoms with Gasteiger partial charge in [-0.2, -0.15) is 5.26 Å². The largest absolute Gasteiger partial charge is 0.311 e. The molecule has 0 N–H and O–H groups in total. The van der Waals surface area contributed by atoms with E-state index in [1.807, 2.05) is 60.7 Å². The molecule has 0 spiro atoms. The van der Waals surface area contributed by atoms with Crippen molar-refractivity contribution in [1.82, 2.24) is 0 Å². The molecule has 5 heteroatoms. The van der Waals surface area contributed by atoms with Gasteiger partial charge in [0.2, 0.25) is 0 Å². The minimum Gasteiger partial charge on any atom is -0.311 e. The van der Waals surface area contributed by atoms with Crippen LogP contribution in [0.2, 0.25) is 0 Å². The molecule has 0 saturated heterocycles. The predicted molar refractivity (Wildman–Crippen MR) is 139 cm³/mol. The topological polar surface area (TPSA) is 55.2 Å². The highest BCUT2D eigenvalue weighted by molar-refractivity contribution is 7.14. The molecule has 0 bridgehead atoms. The van der Waals surface area contributed by atoms with E-state index >= 15 is 0 Å². The maximum absolute atomic E-state index is 9.35. The van der Waals surface area contributed by atoms with Crippen LogP contribution in [0.3, 0.4) is 0 Å². The summed E-state index contributed by atoms with van der Waals surface area (Å²) in [6.45, 7) is 7.08. The van der Waals surface area contributed by atoms with E-state index in [0.29, 0.717) is 4.88 Å². The van der Waals surface area contributed by atoms with Gasteiger partial charge in [-0.1, -0.05) is 54.6 Å². The third kappa shape index (κ3) is 4.95. The fraction of sp³-hybridized carbons (Fsp3) is 0. The molecule has 0 aliphatic carbocycles. The zero-order valence-electron chi connectivity index (χ0n) is 18.1. The van der Waals surface area contributed by atoms with Crippen molar-refractivity contribution < 1.29 is 0 Å². The molecule has 0 radical (unpaired) electrons. The molecule has 0 fully saturated rings. The van der Waals surface area contributed by atoms with Crippen molar-refractivity contribution in [3.8, 4) is 12.1 Å². The number of nitrogens with zero attached hydrogens (tertiary/aromatic N) is 4. The summed E-state index contributed by atoms with van der Waals surface area (Å²) in [6.07, 6.45) is 3.97. The molecule has 1 heterocycles. The quantitative estimate of drug-likeness (QED) is 0.219. The van der Waals surface area contributed by atoms with Crippen molar-refractivity contribution in [2.75, 3.05) is 4.90 Å². The third-order valence-electron chi connectivity index (χ3n) is 5.06. The summed E-state index contributed by atoms with van der Waals surface area (Å²) in [5, 5.41) is 18.4.